The summed E-state index contributed by atoms with van der Waals surface area (Å²) in [6, 6.07) is 9.24. The molecule has 3 nitrogen and oxygen atoms in total. The minimum atomic E-state index is -0.561. The molecule has 3 N–H and O–H groups in total. The van der Waals surface area contributed by atoms with Gasteiger partial charge in [0, 0.05) is 11.3 Å². The van der Waals surface area contributed by atoms with Crippen molar-refractivity contribution in [2.75, 3.05) is 6.26 Å². The van der Waals surface area contributed by atoms with Gasteiger partial charge in [0.25, 0.3) is 0 Å². The summed E-state index contributed by atoms with van der Waals surface area (Å²) >= 11 is 1.83. The second-order valence-corrected chi connectivity index (χ2v) is 5.79. The van der Waals surface area contributed by atoms with Crippen molar-refractivity contribution in [2.45, 2.75) is 36.6 Å². The lowest BCUT2D eigenvalue weighted by Gasteiger charge is -2.21. The third kappa shape index (κ3) is 3.06. The molecule has 3 atom stereocenters. The summed E-state index contributed by atoms with van der Waals surface area (Å²) in [6.45, 7) is 0. The average molecular weight is 264 g/mol. The Labute approximate surface area is 113 Å². The second kappa shape index (κ2) is 6.25. The first-order valence-corrected chi connectivity index (χ1v) is 7.65. The first-order chi connectivity index (χ1) is 8.72. The van der Waals surface area contributed by atoms with Crippen LogP contribution in [0.15, 0.2) is 30.3 Å². The Morgan fingerprint density at radius 1 is 1.39 bits per heavy atom. The van der Waals surface area contributed by atoms with E-state index in [1.807, 2.05) is 42.1 Å². The highest BCUT2D eigenvalue weighted by Crippen LogP contribution is 2.28. The van der Waals surface area contributed by atoms with Crippen LogP contribution < -0.4 is 11.1 Å². The number of carbonyl (C=O) groups is 1. The lowest BCUT2D eigenvalue weighted by Crippen LogP contribution is -2.43. The number of benzene rings is 1. The van der Waals surface area contributed by atoms with Crippen LogP contribution in [0.4, 0.5) is 0 Å². The van der Waals surface area contributed by atoms with E-state index in [2.05, 4.69) is 11.6 Å². The third-order valence-corrected chi connectivity index (χ3v) is 4.69. The topological polar surface area (TPSA) is 55.1 Å². The van der Waals surface area contributed by atoms with E-state index in [0.717, 1.165) is 12.0 Å². The van der Waals surface area contributed by atoms with Gasteiger partial charge in [-0.15, -0.1) is 0 Å². The van der Waals surface area contributed by atoms with Crippen molar-refractivity contribution in [2.24, 2.45) is 5.73 Å². The molecular weight excluding hydrogens is 244 g/mol. The molecule has 0 saturated heterocycles. The van der Waals surface area contributed by atoms with E-state index in [9.17, 15) is 4.79 Å². The minimum absolute atomic E-state index is 0.0628. The Balaban J connectivity index is 1.95. The van der Waals surface area contributed by atoms with E-state index in [4.69, 9.17) is 5.73 Å². The van der Waals surface area contributed by atoms with Gasteiger partial charge < -0.3 is 11.1 Å². The number of rotatable bonds is 4. The molecule has 1 amide bonds. The fourth-order valence-corrected chi connectivity index (χ4v) is 3.39. The van der Waals surface area contributed by atoms with E-state index in [-0.39, 0.29) is 11.9 Å². The molecule has 98 valence electrons. The molecule has 1 saturated carbocycles. The number of nitrogens with one attached hydrogen (secondary N) is 1. The van der Waals surface area contributed by atoms with Crippen molar-refractivity contribution in [3.63, 3.8) is 0 Å². The smallest absolute Gasteiger partial charge is 0.241 e. The van der Waals surface area contributed by atoms with Gasteiger partial charge in [-0.3, -0.25) is 4.79 Å². The van der Waals surface area contributed by atoms with Gasteiger partial charge >= 0.3 is 0 Å². The zero-order valence-electron chi connectivity index (χ0n) is 10.6. The van der Waals surface area contributed by atoms with Gasteiger partial charge in [0.15, 0.2) is 0 Å². The SMILES string of the molecule is CSC1CCCC1NC(=O)C(N)c1ccccc1. The van der Waals surface area contributed by atoms with E-state index in [1.165, 1.54) is 12.8 Å². The summed E-state index contributed by atoms with van der Waals surface area (Å²) in [6.07, 6.45) is 5.55. The molecule has 1 aromatic carbocycles. The van der Waals surface area contributed by atoms with Crippen LogP contribution in [0.25, 0.3) is 0 Å². The molecule has 1 aromatic rings. The van der Waals surface area contributed by atoms with Crippen molar-refractivity contribution in [1.82, 2.24) is 5.32 Å². The van der Waals surface area contributed by atoms with Crippen molar-refractivity contribution < 1.29 is 4.79 Å². The summed E-state index contributed by atoms with van der Waals surface area (Å²) in [5.74, 6) is -0.0628. The second-order valence-electron chi connectivity index (χ2n) is 4.71. The summed E-state index contributed by atoms with van der Waals surface area (Å²) < 4.78 is 0. The van der Waals surface area contributed by atoms with Crippen LogP contribution in [0.5, 0.6) is 0 Å². The molecule has 1 aliphatic carbocycles. The van der Waals surface area contributed by atoms with Crippen LogP contribution in [-0.4, -0.2) is 23.5 Å². The maximum atomic E-state index is 12.1. The van der Waals surface area contributed by atoms with E-state index < -0.39 is 6.04 Å². The van der Waals surface area contributed by atoms with Crippen LogP contribution in [0, 0.1) is 0 Å². The summed E-state index contributed by atoms with van der Waals surface area (Å²) in [7, 11) is 0. The van der Waals surface area contributed by atoms with Gasteiger partial charge in [0.1, 0.15) is 6.04 Å². The average Bonchev–Trinajstić information content (AvgIpc) is 2.86. The van der Waals surface area contributed by atoms with Crippen molar-refractivity contribution in [3.8, 4) is 0 Å². The molecule has 0 spiro atoms. The highest BCUT2D eigenvalue weighted by atomic mass is 32.2. The molecule has 0 aliphatic heterocycles. The van der Waals surface area contributed by atoms with Crippen LogP contribution in [-0.2, 0) is 4.79 Å². The number of amides is 1. The largest absolute Gasteiger partial charge is 0.351 e. The molecule has 18 heavy (non-hydrogen) atoms. The molecule has 1 fully saturated rings. The minimum Gasteiger partial charge on any atom is -0.351 e. The van der Waals surface area contributed by atoms with E-state index in [0.29, 0.717) is 5.25 Å². The Hall–Kier alpha value is -1.00. The van der Waals surface area contributed by atoms with Crippen molar-refractivity contribution >= 4 is 17.7 Å². The predicted octanol–water partition coefficient (Wildman–Crippen LogP) is 2.09. The zero-order chi connectivity index (χ0) is 13.0. The maximum Gasteiger partial charge on any atom is 0.241 e. The molecule has 0 heterocycles. The first-order valence-electron chi connectivity index (χ1n) is 6.36. The summed E-state index contributed by atoms with van der Waals surface area (Å²) in [5.41, 5.74) is 6.85. The maximum absolute atomic E-state index is 12.1. The fraction of sp³-hybridized carbons (Fsp3) is 0.500. The number of hydrogen-bond acceptors (Lipinski definition) is 3. The number of hydrogen-bond donors (Lipinski definition) is 2. The van der Waals surface area contributed by atoms with E-state index >= 15 is 0 Å². The van der Waals surface area contributed by atoms with E-state index in [1.54, 1.807) is 0 Å². The van der Waals surface area contributed by atoms with Crippen LogP contribution in [0.3, 0.4) is 0 Å². The molecule has 0 radical (unpaired) electrons. The normalized spacial score (nSPS) is 24.8. The monoisotopic (exact) mass is 264 g/mol. The Kier molecular flexibility index (Phi) is 4.66. The standard InChI is InChI=1S/C14H20N2OS/c1-18-12-9-5-8-11(12)16-14(17)13(15)10-6-3-2-4-7-10/h2-4,6-7,11-13H,5,8-9,15H2,1H3,(H,16,17). The van der Waals surface area contributed by atoms with Crippen molar-refractivity contribution in [3.05, 3.63) is 35.9 Å². The van der Waals surface area contributed by atoms with Gasteiger partial charge in [-0.2, -0.15) is 11.8 Å². The molecule has 4 heteroatoms. The summed E-state index contributed by atoms with van der Waals surface area (Å²) in [4.78, 5) is 12.1. The molecule has 1 aliphatic rings. The molecule has 2 rings (SSSR count). The van der Waals surface area contributed by atoms with Crippen molar-refractivity contribution in [1.29, 1.82) is 0 Å². The highest BCUT2D eigenvalue weighted by molar-refractivity contribution is 7.99. The van der Waals surface area contributed by atoms with Gasteiger partial charge in [0.05, 0.1) is 0 Å². The fourth-order valence-electron chi connectivity index (χ4n) is 2.46. The van der Waals surface area contributed by atoms with Gasteiger partial charge in [-0.05, 0) is 24.7 Å². The van der Waals surface area contributed by atoms with Crippen LogP contribution in [0.2, 0.25) is 0 Å². The molecule has 0 aromatic heterocycles. The highest BCUT2D eigenvalue weighted by Gasteiger charge is 2.29. The molecule has 0 bridgehead atoms. The Morgan fingerprint density at radius 2 is 2.11 bits per heavy atom. The molecule has 3 unspecified atom stereocenters. The van der Waals surface area contributed by atoms with Gasteiger partial charge in [0.2, 0.25) is 5.91 Å². The Morgan fingerprint density at radius 3 is 2.78 bits per heavy atom. The van der Waals surface area contributed by atoms with Gasteiger partial charge in [-0.25, -0.2) is 0 Å². The number of thioether (sulfide) groups is 1. The lowest BCUT2D eigenvalue weighted by atomic mass is 10.1. The van der Waals surface area contributed by atoms with Gasteiger partial charge in [-0.1, -0.05) is 36.8 Å². The quantitative estimate of drug-likeness (QED) is 0.875. The van der Waals surface area contributed by atoms with Crippen LogP contribution >= 0.6 is 11.8 Å². The zero-order valence-corrected chi connectivity index (χ0v) is 11.5. The first kappa shape index (κ1) is 13.4. The van der Waals surface area contributed by atoms with Crippen LogP contribution in [0.1, 0.15) is 30.9 Å². The summed E-state index contributed by atoms with van der Waals surface area (Å²) in [5, 5.41) is 3.63. The number of carbonyl (C=O) groups excluding carboxylic acids is 1. The lowest BCUT2D eigenvalue weighted by molar-refractivity contribution is -0.123. The third-order valence-electron chi connectivity index (χ3n) is 3.52. The number of nitrogens with two attached hydrogens (primary N) is 1. The Bertz CT molecular complexity index is 396. The molecular formula is C14H20N2OS. The predicted molar refractivity (Wildman–Crippen MR) is 76.5 cm³/mol.